The monoisotopic (exact) mass is 296 g/mol. The maximum absolute atomic E-state index is 13.4. The summed E-state index contributed by atoms with van der Waals surface area (Å²) in [6.07, 6.45) is 1.12. The lowest BCUT2D eigenvalue weighted by molar-refractivity contribution is 0.0534. The molecule has 1 aromatic carbocycles. The number of rotatable bonds is 4. The molecule has 1 heterocycles. The SMILES string of the molecule is CC(C)CC1CN(Cc2cc(F)cc(F)c2)C(C)(C)CN1. The van der Waals surface area contributed by atoms with Crippen molar-refractivity contribution >= 4 is 0 Å². The largest absolute Gasteiger partial charge is 0.311 e. The van der Waals surface area contributed by atoms with Crippen molar-refractivity contribution in [3.8, 4) is 0 Å². The molecule has 1 unspecified atom stereocenters. The van der Waals surface area contributed by atoms with Crippen molar-refractivity contribution in [2.45, 2.75) is 52.2 Å². The van der Waals surface area contributed by atoms with E-state index in [0.717, 1.165) is 25.6 Å². The predicted molar refractivity (Wildman–Crippen MR) is 82.1 cm³/mol. The van der Waals surface area contributed by atoms with Gasteiger partial charge in [-0.25, -0.2) is 8.78 Å². The molecule has 0 amide bonds. The van der Waals surface area contributed by atoms with Crippen LogP contribution in [0.5, 0.6) is 0 Å². The van der Waals surface area contributed by atoms with Gasteiger partial charge in [0.1, 0.15) is 11.6 Å². The number of benzene rings is 1. The van der Waals surface area contributed by atoms with E-state index in [1.165, 1.54) is 12.1 Å². The van der Waals surface area contributed by atoms with Crippen LogP contribution in [0, 0.1) is 17.6 Å². The number of hydrogen-bond donors (Lipinski definition) is 1. The molecule has 0 aromatic heterocycles. The fraction of sp³-hybridized carbons (Fsp3) is 0.647. The van der Waals surface area contributed by atoms with Crippen molar-refractivity contribution < 1.29 is 8.78 Å². The van der Waals surface area contributed by atoms with E-state index in [-0.39, 0.29) is 5.54 Å². The smallest absolute Gasteiger partial charge is 0.126 e. The highest BCUT2D eigenvalue weighted by molar-refractivity contribution is 5.18. The number of hydrogen-bond acceptors (Lipinski definition) is 2. The molecule has 0 bridgehead atoms. The summed E-state index contributed by atoms with van der Waals surface area (Å²) in [5.41, 5.74) is 0.682. The Balaban J connectivity index is 2.10. The van der Waals surface area contributed by atoms with Crippen LogP contribution < -0.4 is 5.32 Å². The first-order chi connectivity index (χ1) is 9.76. The topological polar surface area (TPSA) is 15.3 Å². The lowest BCUT2D eigenvalue weighted by Crippen LogP contribution is -2.61. The van der Waals surface area contributed by atoms with Crippen molar-refractivity contribution in [3.05, 3.63) is 35.4 Å². The van der Waals surface area contributed by atoms with Crippen molar-refractivity contribution in [1.82, 2.24) is 10.2 Å². The van der Waals surface area contributed by atoms with Gasteiger partial charge in [-0.3, -0.25) is 4.90 Å². The molecular weight excluding hydrogens is 270 g/mol. The Bertz CT molecular complexity index is 465. The summed E-state index contributed by atoms with van der Waals surface area (Å²) in [7, 11) is 0. The second kappa shape index (κ2) is 6.41. The molecule has 4 heteroatoms. The average Bonchev–Trinajstić information content (AvgIpc) is 2.32. The maximum Gasteiger partial charge on any atom is 0.126 e. The van der Waals surface area contributed by atoms with E-state index in [4.69, 9.17) is 0 Å². The van der Waals surface area contributed by atoms with Gasteiger partial charge in [-0.2, -0.15) is 0 Å². The van der Waals surface area contributed by atoms with E-state index < -0.39 is 11.6 Å². The Kier molecular flexibility index (Phi) is 4.99. The minimum absolute atomic E-state index is 0.0176. The van der Waals surface area contributed by atoms with Crippen molar-refractivity contribution in [1.29, 1.82) is 0 Å². The Morgan fingerprint density at radius 3 is 2.43 bits per heavy atom. The van der Waals surface area contributed by atoms with Gasteiger partial charge in [-0.1, -0.05) is 13.8 Å². The summed E-state index contributed by atoms with van der Waals surface area (Å²) >= 11 is 0. The van der Waals surface area contributed by atoms with Crippen LogP contribution in [0.15, 0.2) is 18.2 Å². The third kappa shape index (κ3) is 4.48. The maximum atomic E-state index is 13.4. The molecule has 1 aliphatic heterocycles. The van der Waals surface area contributed by atoms with E-state index in [0.29, 0.717) is 24.1 Å². The van der Waals surface area contributed by atoms with Gasteiger partial charge in [0.2, 0.25) is 0 Å². The third-order valence-electron chi connectivity index (χ3n) is 4.17. The molecule has 1 N–H and O–H groups in total. The molecule has 0 aliphatic carbocycles. The highest BCUT2D eigenvalue weighted by atomic mass is 19.1. The molecule has 21 heavy (non-hydrogen) atoms. The summed E-state index contributed by atoms with van der Waals surface area (Å²) in [6, 6.07) is 4.22. The lowest BCUT2D eigenvalue weighted by Gasteiger charge is -2.46. The number of halogens is 2. The van der Waals surface area contributed by atoms with Gasteiger partial charge in [0.15, 0.2) is 0 Å². The second-order valence-electron chi connectivity index (χ2n) is 7.18. The van der Waals surface area contributed by atoms with E-state index in [2.05, 4.69) is 37.9 Å². The van der Waals surface area contributed by atoms with E-state index in [1.807, 2.05) is 0 Å². The molecular formula is C17H26F2N2. The van der Waals surface area contributed by atoms with Crippen molar-refractivity contribution in [2.24, 2.45) is 5.92 Å². The fourth-order valence-corrected chi connectivity index (χ4v) is 3.01. The van der Waals surface area contributed by atoms with Crippen LogP contribution >= 0.6 is 0 Å². The van der Waals surface area contributed by atoms with Gasteiger partial charge in [0.25, 0.3) is 0 Å². The lowest BCUT2D eigenvalue weighted by atomic mass is 9.93. The molecule has 118 valence electrons. The number of nitrogens with one attached hydrogen (secondary N) is 1. The van der Waals surface area contributed by atoms with Crippen LogP contribution in [0.25, 0.3) is 0 Å². The molecule has 2 nitrogen and oxygen atoms in total. The molecule has 1 fully saturated rings. The molecule has 0 saturated carbocycles. The molecule has 1 aliphatic rings. The highest BCUT2D eigenvalue weighted by Crippen LogP contribution is 2.24. The van der Waals surface area contributed by atoms with Crippen LogP contribution in [0.4, 0.5) is 8.78 Å². The third-order valence-corrected chi connectivity index (χ3v) is 4.17. The second-order valence-corrected chi connectivity index (χ2v) is 7.18. The Morgan fingerprint density at radius 1 is 1.24 bits per heavy atom. The van der Waals surface area contributed by atoms with Gasteiger partial charge in [0.05, 0.1) is 0 Å². The first-order valence-corrected chi connectivity index (χ1v) is 7.69. The zero-order valence-electron chi connectivity index (χ0n) is 13.4. The summed E-state index contributed by atoms with van der Waals surface area (Å²) in [5.74, 6) is -0.370. The minimum Gasteiger partial charge on any atom is -0.311 e. The molecule has 1 saturated heterocycles. The van der Waals surface area contributed by atoms with Gasteiger partial charge in [0, 0.05) is 37.3 Å². The molecule has 1 atom stereocenters. The first-order valence-electron chi connectivity index (χ1n) is 7.69. The first kappa shape index (κ1) is 16.4. The van der Waals surface area contributed by atoms with Gasteiger partial charge in [-0.15, -0.1) is 0 Å². The van der Waals surface area contributed by atoms with Crippen LogP contribution in [-0.2, 0) is 6.54 Å². The standard InChI is InChI=1S/C17H26F2N2/c1-12(2)5-16-10-21(17(3,4)11-20-16)9-13-6-14(18)8-15(19)7-13/h6-8,12,16,20H,5,9-11H2,1-4H3. The van der Waals surface area contributed by atoms with Gasteiger partial charge >= 0.3 is 0 Å². The van der Waals surface area contributed by atoms with Crippen LogP contribution in [0.2, 0.25) is 0 Å². The van der Waals surface area contributed by atoms with Gasteiger partial charge < -0.3 is 5.32 Å². The molecule has 0 radical (unpaired) electrons. The molecule has 1 aromatic rings. The van der Waals surface area contributed by atoms with E-state index >= 15 is 0 Å². The normalized spacial score (nSPS) is 22.7. The number of nitrogens with zero attached hydrogens (tertiary/aromatic N) is 1. The van der Waals surface area contributed by atoms with Crippen molar-refractivity contribution in [3.63, 3.8) is 0 Å². The zero-order valence-corrected chi connectivity index (χ0v) is 13.4. The van der Waals surface area contributed by atoms with E-state index in [1.54, 1.807) is 0 Å². The Labute approximate surface area is 126 Å². The van der Waals surface area contributed by atoms with Gasteiger partial charge in [-0.05, 0) is 43.9 Å². The summed E-state index contributed by atoms with van der Waals surface area (Å²) in [6.45, 7) is 11.1. The summed E-state index contributed by atoms with van der Waals surface area (Å²) < 4.78 is 26.7. The van der Waals surface area contributed by atoms with Crippen molar-refractivity contribution in [2.75, 3.05) is 13.1 Å². The zero-order chi connectivity index (χ0) is 15.6. The highest BCUT2D eigenvalue weighted by Gasteiger charge is 2.34. The predicted octanol–water partition coefficient (Wildman–Crippen LogP) is 3.56. The molecule has 2 rings (SSSR count). The minimum atomic E-state index is -0.503. The van der Waals surface area contributed by atoms with Crippen LogP contribution in [0.3, 0.4) is 0 Å². The van der Waals surface area contributed by atoms with Crippen LogP contribution in [0.1, 0.15) is 39.7 Å². The van der Waals surface area contributed by atoms with Crippen LogP contribution in [-0.4, -0.2) is 29.6 Å². The summed E-state index contributed by atoms with van der Waals surface area (Å²) in [4.78, 5) is 2.32. The quantitative estimate of drug-likeness (QED) is 0.914. The van der Waals surface area contributed by atoms with E-state index in [9.17, 15) is 8.78 Å². The number of piperazine rings is 1. The Morgan fingerprint density at radius 2 is 1.86 bits per heavy atom. The molecule has 0 spiro atoms. The summed E-state index contributed by atoms with van der Waals surface area (Å²) in [5, 5.41) is 3.59. The average molecular weight is 296 g/mol. The Hall–Kier alpha value is -1.00. The fourth-order valence-electron chi connectivity index (χ4n) is 3.01.